The van der Waals surface area contributed by atoms with E-state index in [9.17, 15) is 0 Å². The van der Waals surface area contributed by atoms with Gasteiger partial charge in [0.25, 0.3) is 0 Å². The average Bonchev–Trinajstić information content (AvgIpc) is 2.49. The number of rotatable bonds is 1. The number of nitrogens with two attached hydrogens (primary N) is 1. The molecule has 2 aromatic rings. The van der Waals surface area contributed by atoms with Crippen molar-refractivity contribution in [1.82, 2.24) is 9.97 Å². The van der Waals surface area contributed by atoms with Gasteiger partial charge in [-0.25, -0.2) is 4.98 Å². The fraction of sp³-hybridized carbons (Fsp3) is 0.222. The molecule has 0 radical (unpaired) electrons. The van der Waals surface area contributed by atoms with E-state index in [1.54, 1.807) is 0 Å². The van der Waals surface area contributed by atoms with Gasteiger partial charge in [-0.15, -0.1) is 0 Å². The topological polar surface area (TPSA) is 54.7 Å². The molecule has 0 saturated heterocycles. The first-order valence-corrected chi connectivity index (χ1v) is 3.97. The second kappa shape index (κ2) is 2.60. The van der Waals surface area contributed by atoms with Crippen LogP contribution >= 0.6 is 0 Å². The van der Waals surface area contributed by atoms with Gasteiger partial charge >= 0.3 is 0 Å². The summed E-state index contributed by atoms with van der Waals surface area (Å²) in [6.07, 6.45) is 1.88. The van der Waals surface area contributed by atoms with Crippen molar-refractivity contribution in [1.29, 1.82) is 0 Å². The molecule has 0 amide bonds. The lowest BCUT2D eigenvalue weighted by Crippen LogP contribution is -2.06. The summed E-state index contributed by atoms with van der Waals surface area (Å²) in [7, 11) is 0. The fourth-order valence-corrected chi connectivity index (χ4v) is 1.20. The first-order valence-electron chi connectivity index (χ1n) is 3.97. The van der Waals surface area contributed by atoms with Gasteiger partial charge < -0.3 is 10.7 Å². The lowest BCUT2D eigenvalue weighted by Gasteiger charge is -2.02. The highest BCUT2D eigenvalue weighted by Gasteiger charge is 2.01. The van der Waals surface area contributed by atoms with Crippen molar-refractivity contribution in [2.75, 3.05) is 0 Å². The number of hydrogen-bond acceptors (Lipinski definition) is 2. The smallest absolute Gasteiger partial charge is 0.0882 e. The van der Waals surface area contributed by atoms with E-state index in [1.165, 1.54) is 0 Å². The molecule has 0 saturated carbocycles. The maximum Gasteiger partial charge on any atom is 0.0882 e. The Kier molecular flexibility index (Phi) is 1.59. The van der Waals surface area contributed by atoms with Crippen LogP contribution < -0.4 is 5.73 Å². The summed E-state index contributed by atoms with van der Waals surface area (Å²) in [6.45, 7) is 1.93. The van der Waals surface area contributed by atoms with Gasteiger partial charge in [0, 0.05) is 12.2 Å². The first kappa shape index (κ1) is 7.31. The van der Waals surface area contributed by atoms with E-state index in [1.807, 2.05) is 31.3 Å². The molecule has 0 aliphatic heterocycles. The minimum absolute atomic E-state index is 0.00398. The number of nitrogens with zero attached hydrogens (tertiary/aromatic N) is 1. The van der Waals surface area contributed by atoms with Crippen LogP contribution in [0.4, 0.5) is 0 Å². The van der Waals surface area contributed by atoms with Gasteiger partial charge in [0.1, 0.15) is 0 Å². The number of pyridine rings is 1. The highest BCUT2D eigenvalue weighted by molar-refractivity contribution is 5.74. The van der Waals surface area contributed by atoms with E-state index >= 15 is 0 Å². The minimum Gasteiger partial charge on any atom is -0.360 e. The molecule has 2 rings (SSSR count). The Morgan fingerprint density at radius 2 is 2.25 bits per heavy atom. The van der Waals surface area contributed by atoms with Crippen LogP contribution in [0.3, 0.4) is 0 Å². The summed E-state index contributed by atoms with van der Waals surface area (Å²) in [5.74, 6) is 0. The second-order valence-corrected chi connectivity index (χ2v) is 2.94. The average molecular weight is 161 g/mol. The van der Waals surface area contributed by atoms with Gasteiger partial charge in [0.15, 0.2) is 0 Å². The Labute approximate surface area is 70.6 Å². The molecule has 0 aromatic carbocycles. The molecule has 2 heterocycles. The fourth-order valence-electron chi connectivity index (χ4n) is 1.20. The first-order chi connectivity index (χ1) is 5.77. The quantitative estimate of drug-likeness (QED) is 0.667. The summed E-state index contributed by atoms with van der Waals surface area (Å²) >= 11 is 0. The predicted octanol–water partition coefficient (Wildman–Crippen LogP) is 1.58. The van der Waals surface area contributed by atoms with Crippen LogP contribution in [-0.4, -0.2) is 9.97 Å². The molecule has 3 nitrogen and oxygen atoms in total. The van der Waals surface area contributed by atoms with Crippen molar-refractivity contribution in [3.63, 3.8) is 0 Å². The molecule has 3 N–H and O–H groups in total. The molecule has 3 heteroatoms. The van der Waals surface area contributed by atoms with E-state index in [0.29, 0.717) is 0 Å². The van der Waals surface area contributed by atoms with E-state index in [0.717, 1.165) is 16.7 Å². The van der Waals surface area contributed by atoms with E-state index in [2.05, 4.69) is 9.97 Å². The highest BCUT2D eigenvalue weighted by Crippen LogP contribution is 2.13. The van der Waals surface area contributed by atoms with Gasteiger partial charge in [0.2, 0.25) is 0 Å². The van der Waals surface area contributed by atoms with Gasteiger partial charge in [0.05, 0.1) is 16.7 Å². The maximum absolute atomic E-state index is 5.70. The molecule has 62 valence electrons. The third-order valence-corrected chi connectivity index (χ3v) is 1.89. The van der Waals surface area contributed by atoms with E-state index < -0.39 is 0 Å². The monoisotopic (exact) mass is 161 g/mol. The summed E-state index contributed by atoms with van der Waals surface area (Å²) in [4.78, 5) is 7.46. The zero-order valence-electron chi connectivity index (χ0n) is 6.91. The van der Waals surface area contributed by atoms with Crippen molar-refractivity contribution in [3.05, 3.63) is 30.1 Å². The Balaban J connectivity index is 2.60. The van der Waals surface area contributed by atoms with Crippen molar-refractivity contribution in [2.24, 2.45) is 5.73 Å². The zero-order valence-corrected chi connectivity index (χ0v) is 6.91. The van der Waals surface area contributed by atoms with Crippen LogP contribution in [0.1, 0.15) is 18.7 Å². The van der Waals surface area contributed by atoms with Crippen LogP contribution in [-0.2, 0) is 0 Å². The number of aromatic amines is 1. The number of H-pyrrole nitrogens is 1. The standard InChI is InChI=1S/C9H11N3/c1-6(10)7-2-3-8-9(12-7)4-5-11-8/h2-6,11H,10H2,1H3. The molecule has 1 unspecified atom stereocenters. The van der Waals surface area contributed by atoms with Gasteiger partial charge in [-0.05, 0) is 25.1 Å². The van der Waals surface area contributed by atoms with Crippen LogP contribution in [0.2, 0.25) is 0 Å². The molecule has 0 aliphatic rings. The summed E-state index contributed by atoms with van der Waals surface area (Å²) in [5, 5.41) is 0. The number of hydrogen-bond donors (Lipinski definition) is 2. The van der Waals surface area contributed by atoms with Crippen LogP contribution in [0, 0.1) is 0 Å². The van der Waals surface area contributed by atoms with E-state index in [-0.39, 0.29) is 6.04 Å². The van der Waals surface area contributed by atoms with Crippen molar-refractivity contribution >= 4 is 11.0 Å². The van der Waals surface area contributed by atoms with Crippen LogP contribution in [0.5, 0.6) is 0 Å². The maximum atomic E-state index is 5.70. The van der Waals surface area contributed by atoms with Gasteiger partial charge in [-0.1, -0.05) is 0 Å². The molecular weight excluding hydrogens is 150 g/mol. The van der Waals surface area contributed by atoms with E-state index in [4.69, 9.17) is 5.73 Å². The Morgan fingerprint density at radius 3 is 3.00 bits per heavy atom. The van der Waals surface area contributed by atoms with Crippen molar-refractivity contribution in [2.45, 2.75) is 13.0 Å². The lowest BCUT2D eigenvalue weighted by molar-refractivity contribution is 0.787. The molecule has 1 atom stereocenters. The lowest BCUT2D eigenvalue weighted by atomic mass is 10.2. The Morgan fingerprint density at radius 1 is 1.42 bits per heavy atom. The number of aromatic nitrogens is 2. The third-order valence-electron chi connectivity index (χ3n) is 1.89. The van der Waals surface area contributed by atoms with Gasteiger partial charge in [-0.2, -0.15) is 0 Å². The SMILES string of the molecule is CC(N)c1ccc2[nH]ccc2n1. The zero-order chi connectivity index (χ0) is 8.55. The second-order valence-electron chi connectivity index (χ2n) is 2.94. The number of nitrogens with one attached hydrogen (secondary N) is 1. The Hall–Kier alpha value is -1.35. The van der Waals surface area contributed by atoms with Crippen LogP contribution in [0.25, 0.3) is 11.0 Å². The number of fused-ring (bicyclic) bond motifs is 1. The Bertz CT molecular complexity index is 389. The van der Waals surface area contributed by atoms with Crippen molar-refractivity contribution < 1.29 is 0 Å². The molecule has 2 aromatic heterocycles. The summed E-state index contributed by atoms with van der Waals surface area (Å²) in [5.41, 5.74) is 8.66. The molecule has 0 fully saturated rings. The summed E-state index contributed by atoms with van der Waals surface area (Å²) < 4.78 is 0. The largest absolute Gasteiger partial charge is 0.360 e. The highest BCUT2D eigenvalue weighted by atomic mass is 14.8. The molecular formula is C9H11N3. The third kappa shape index (κ3) is 1.08. The summed E-state index contributed by atoms with van der Waals surface area (Å²) in [6, 6.07) is 5.90. The normalized spacial score (nSPS) is 13.5. The molecule has 0 spiro atoms. The van der Waals surface area contributed by atoms with Crippen molar-refractivity contribution in [3.8, 4) is 0 Å². The molecule has 0 aliphatic carbocycles. The minimum atomic E-state index is 0.00398. The van der Waals surface area contributed by atoms with Gasteiger partial charge in [-0.3, -0.25) is 0 Å². The molecule has 0 bridgehead atoms. The molecule has 12 heavy (non-hydrogen) atoms. The van der Waals surface area contributed by atoms with Crippen LogP contribution in [0.15, 0.2) is 24.4 Å². The predicted molar refractivity (Wildman–Crippen MR) is 48.7 cm³/mol.